The minimum Gasteiger partial charge on any atom is -0.480 e. The van der Waals surface area contributed by atoms with Crippen molar-refractivity contribution in [1.82, 2.24) is 4.90 Å². The first kappa shape index (κ1) is 11.3. The predicted octanol–water partition coefficient (Wildman–Crippen LogP) is -0.0124. The van der Waals surface area contributed by atoms with Gasteiger partial charge in [0.15, 0.2) is 6.73 Å². The van der Waals surface area contributed by atoms with Gasteiger partial charge in [-0.05, 0) is 6.92 Å². The van der Waals surface area contributed by atoms with E-state index in [9.17, 15) is 9.59 Å². The number of aliphatic carboxylic acids is 1. The summed E-state index contributed by atoms with van der Waals surface area (Å²) in [6, 6.07) is -1.13. The number of nitrogens with two attached hydrogens (primary N) is 1. The average Bonchev–Trinajstić information content (AvgIpc) is 2.48. The summed E-state index contributed by atoms with van der Waals surface area (Å²) in [5, 5.41) is 17.4. The molecule has 0 aliphatic carbocycles. The van der Waals surface area contributed by atoms with Crippen LogP contribution >= 0.6 is 0 Å². The third kappa shape index (κ3) is 2.38. The Morgan fingerprint density at radius 2 is 2.20 bits per heavy atom. The Balaban J connectivity index is 2.77. The molecule has 15 heavy (non-hydrogen) atoms. The highest BCUT2D eigenvalue weighted by molar-refractivity contribution is 5.74. The molecule has 1 amide bonds. The topological polar surface area (TPSA) is 113 Å². The highest BCUT2D eigenvalue weighted by Crippen LogP contribution is 2.23. The van der Waals surface area contributed by atoms with Crippen LogP contribution in [0.5, 0.6) is 0 Å². The highest BCUT2D eigenvalue weighted by atomic mass is 16.5. The normalized spacial score (nSPS) is 17.6. The van der Waals surface area contributed by atoms with Gasteiger partial charge in [0.05, 0.1) is 5.70 Å². The molecule has 1 aliphatic heterocycles. The van der Waals surface area contributed by atoms with Crippen molar-refractivity contribution in [2.75, 3.05) is 6.73 Å². The first-order chi connectivity index (χ1) is 6.93. The van der Waals surface area contributed by atoms with Crippen molar-refractivity contribution in [3.8, 4) is 0 Å². The van der Waals surface area contributed by atoms with Gasteiger partial charge in [-0.1, -0.05) is 0 Å². The molecule has 1 rings (SSSR count). The standard InChI is InChI=1S/C8H12N2O5/c1-4-6(2-5(9)7(11)12)10(3-15-4)8(13)14/h5H,2-3,9H2,1H3,(H,11,12)(H,13,14). The zero-order valence-corrected chi connectivity index (χ0v) is 8.14. The first-order valence-corrected chi connectivity index (χ1v) is 4.25. The van der Waals surface area contributed by atoms with Gasteiger partial charge < -0.3 is 20.7 Å². The van der Waals surface area contributed by atoms with E-state index in [2.05, 4.69) is 0 Å². The monoisotopic (exact) mass is 216 g/mol. The van der Waals surface area contributed by atoms with E-state index in [4.69, 9.17) is 20.7 Å². The predicted molar refractivity (Wildman–Crippen MR) is 48.7 cm³/mol. The zero-order valence-electron chi connectivity index (χ0n) is 8.14. The molecule has 0 saturated heterocycles. The van der Waals surface area contributed by atoms with Crippen LogP contribution in [0, 0.1) is 0 Å². The minimum absolute atomic E-state index is 0.0620. The van der Waals surface area contributed by atoms with Gasteiger partial charge in [-0.15, -0.1) is 0 Å². The summed E-state index contributed by atoms with van der Waals surface area (Å²) in [6.45, 7) is 1.47. The average molecular weight is 216 g/mol. The molecule has 0 fully saturated rings. The summed E-state index contributed by atoms with van der Waals surface area (Å²) in [5.74, 6) is -0.776. The van der Waals surface area contributed by atoms with E-state index in [1.165, 1.54) is 0 Å². The largest absolute Gasteiger partial charge is 0.480 e. The molecule has 0 aromatic heterocycles. The second-order valence-electron chi connectivity index (χ2n) is 3.14. The minimum atomic E-state index is -1.18. The van der Waals surface area contributed by atoms with E-state index in [0.29, 0.717) is 11.5 Å². The van der Waals surface area contributed by atoms with E-state index in [1.807, 2.05) is 0 Å². The van der Waals surface area contributed by atoms with Gasteiger partial charge in [0.25, 0.3) is 0 Å². The second kappa shape index (κ2) is 4.18. The van der Waals surface area contributed by atoms with E-state index in [1.54, 1.807) is 6.92 Å². The Morgan fingerprint density at radius 1 is 1.60 bits per heavy atom. The molecule has 7 nitrogen and oxygen atoms in total. The number of amides is 1. The van der Waals surface area contributed by atoms with Gasteiger partial charge in [0.2, 0.25) is 0 Å². The number of nitrogens with zero attached hydrogens (tertiary/aromatic N) is 1. The number of carboxylic acid groups (broad SMARTS) is 2. The number of hydrogen-bond acceptors (Lipinski definition) is 4. The maximum Gasteiger partial charge on any atom is 0.414 e. The fraction of sp³-hybridized carbons (Fsp3) is 0.500. The molecule has 1 atom stereocenters. The molecule has 1 heterocycles. The summed E-state index contributed by atoms with van der Waals surface area (Å²) >= 11 is 0. The van der Waals surface area contributed by atoms with Crippen molar-refractivity contribution >= 4 is 12.1 Å². The number of rotatable bonds is 3. The summed E-state index contributed by atoms with van der Waals surface area (Å²) in [6.07, 6.45) is -1.24. The van der Waals surface area contributed by atoms with Crippen molar-refractivity contribution in [2.45, 2.75) is 19.4 Å². The SMILES string of the molecule is CC1=C(CC(N)C(=O)O)N(C(=O)O)CO1. The third-order valence-electron chi connectivity index (χ3n) is 2.10. The molecular weight excluding hydrogens is 204 g/mol. The van der Waals surface area contributed by atoms with Crippen LogP contribution in [0.3, 0.4) is 0 Å². The quantitative estimate of drug-likeness (QED) is 0.611. The van der Waals surface area contributed by atoms with Crippen molar-refractivity contribution in [3.63, 3.8) is 0 Å². The first-order valence-electron chi connectivity index (χ1n) is 4.25. The van der Waals surface area contributed by atoms with Crippen LogP contribution in [0.2, 0.25) is 0 Å². The van der Waals surface area contributed by atoms with Crippen molar-refractivity contribution in [1.29, 1.82) is 0 Å². The van der Waals surface area contributed by atoms with Crippen molar-refractivity contribution in [2.24, 2.45) is 5.73 Å². The van der Waals surface area contributed by atoms with Gasteiger partial charge in [-0.25, -0.2) is 9.69 Å². The van der Waals surface area contributed by atoms with E-state index >= 15 is 0 Å². The Labute approximate surface area is 85.7 Å². The fourth-order valence-corrected chi connectivity index (χ4v) is 1.23. The van der Waals surface area contributed by atoms with Crippen LogP contribution in [0.1, 0.15) is 13.3 Å². The number of hydrogen-bond donors (Lipinski definition) is 3. The maximum atomic E-state index is 10.7. The number of ether oxygens (including phenoxy) is 1. The van der Waals surface area contributed by atoms with Gasteiger partial charge in [0.1, 0.15) is 11.8 Å². The van der Waals surface area contributed by atoms with Crippen molar-refractivity contribution in [3.05, 3.63) is 11.5 Å². The summed E-state index contributed by atoms with van der Waals surface area (Å²) < 4.78 is 5.00. The number of allylic oxidation sites excluding steroid dienone is 1. The Bertz CT molecular complexity index is 325. The van der Waals surface area contributed by atoms with Crippen LogP contribution in [0.25, 0.3) is 0 Å². The molecule has 4 N–H and O–H groups in total. The molecule has 0 aromatic carbocycles. The van der Waals surface area contributed by atoms with Crippen LogP contribution in [0.15, 0.2) is 11.5 Å². The zero-order chi connectivity index (χ0) is 11.6. The number of carboxylic acids is 1. The van der Waals surface area contributed by atoms with Gasteiger partial charge in [-0.2, -0.15) is 0 Å². The lowest BCUT2D eigenvalue weighted by Gasteiger charge is -2.15. The molecule has 0 saturated carbocycles. The molecule has 1 aliphatic rings. The van der Waals surface area contributed by atoms with E-state index in [-0.39, 0.29) is 13.2 Å². The smallest absolute Gasteiger partial charge is 0.414 e. The lowest BCUT2D eigenvalue weighted by molar-refractivity contribution is -0.138. The lowest BCUT2D eigenvalue weighted by Crippen LogP contribution is -2.35. The van der Waals surface area contributed by atoms with Gasteiger partial charge >= 0.3 is 12.1 Å². The third-order valence-corrected chi connectivity index (χ3v) is 2.10. The molecule has 7 heteroatoms. The lowest BCUT2D eigenvalue weighted by atomic mass is 10.1. The summed E-state index contributed by atoms with van der Waals surface area (Å²) in [5.41, 5.74) is 5.62. The van der Waals surface area contributed by atoms with E-state index < -0.39 is 18.1 Å². The van der Waals surface area contributed by atoms with Crippen molar-refractivity contribution < 1.29 is 24.5 Å². The van der Waals surface area contributed by atoms with Crippen LogP contribution in [0.4, 0.5) is 4.79 Å². The molecule has 0 radical (unpaired) electrons. The van der Waals surface area contributed by atoms with Crippen LogP contribution in [-0.2, 0) is 9.53 Å². The fourth-order valence-electron chi connectivity index (χ4n) is 1.23. The Hall–Kier alpha value is -1.76. The Kier molecular flexibility index (Phi) is 3.15. The van der Waals surface area contributed by atoms with Gasteiger partial charge in [0, 0.05) is 6.42 Å². The molecule has 0 aromatic rings. The van der Waals surface area contributed by atoms with E-state index in [0.717, 1.165) is 4.90 Å². The van der Waals surface area contributed by atoms with Crippen LogP contribution in [-0.4, -0.2) is 39.9 Å². The number of carbonyl (C=O) groups is 2. The Morgan fingerprint density at radius 3 is 2.67 bits per heavy atom. The molecule has 84 valence electrons. The summed E-state index contributed by atoms with van der Waals surface area (Å²) in [4.78, 5) is 22.2. The summed E-state index contributed by atoms with van der Waals surface area (Å²) in [7, 11) is 0. The highest BCUT2D eigenvalue weighted by Gasteiger charge is 2.29. The van der Waals surface area contributed by atoms with Gasteiger partial charge in [-0.3, -0.25) is 4.79 Å². The molecule has 1 unspecified atom stereocenters. The van der Waals surface area contributed by atoms with Crippen LogP contribution < -0.4 is 5.73 Å². The molecule has 0 bridgehead atoms. The second-order valence-corrected chi connectivity index (χ2v) is 3.14. The maximum absolute atomic E-state index is 10.7. The molecule has 0 spiro atoms. The molecular formula is C8H12N2O5.